The second kappa shape index (κ2) is 6.55. The lowest BCUT2D eigenvalue weighted by Gasteiger charge is -2.22. The molecular weight excluding hydrogens is 220 g/mol. The maximum Gasteiger partial charge on any atom is 0.232 e. The zero-order valence-electron chi connectivity index (χ0n) is 9.91. The average molecular weight is 238 g/mol. The van der Waals surface area contributed by atoms with E-state index in [1.54, 1.807) is 0 Å². The van der Waals surface area contributed by atoms with E-state index in [0.29, 0.717) is 6.42 Å². The summed E-state index contributed by atoms with van der Waals surface area (Å²) in [5, 5.41) is 0. The third-order valence-electron chi connectivity index (χ3n) is 2.24. The lowest BCUT2D eigenvalue weighted by atomic mass is 10.0. The highest BCUT2D eigenvalue weighted by Crippen LogP contribution is 2.22. The van der Waals surface area contributed by atoms with Gasteiger partial charge in [0, 0.05) is 18.6 Å². The van der Waals surface area contributed by atoms with Gasteiger partial charge in [-0.25, -0.2) is 4.72 Å². The summed E-state index contributed by atoms with van der Waals surface area (Å²) < 4.78 is 5.83. The minimum Gasteiger partial charge on any atom is -0.287 e. The van der Waals surface area contributed by atoms with E-state index in [1.165, 1.54) is 17.7 Å². The quantitative estimate of drug-likeness (QED) is 0.739. The van der Waals surface area contributed by atoms with Crippen LogP contribution >= 0.6 is 12.1 Å². The van der Waals surface area contributed by atoms with Gasteiger partial charge in [-0.05, 0) is 12.5 Å². The average Bonchev–Trinajstić information content (AvgIpc) is 2.32. The molecule has 0 aliphatic carbocycles. The minimum absolute atomic E-state index is 0.0827. The lowest BCUT2D eigenvalue weighted by Crippen LogP contribution is -2.33. The molecule has 16 heavy (non-hydrogen) atoms. The van der Waals surface area contributed by atoms with Crippen molar-refractivity contribution in [2.45, 2.75) is 33.2 Å². The molecule has 88 valence electrons. The molecule has 1 unspecified atom stereocenters. The summed E-state index contributed by atoms with van der Waals surface area (Å²) in [6, 6.07) is 8.38. The number of amides is 1. The number of aryl methyl sites for hydroxylation is 1. The van der Waals surface area contributed by atoms with Crippen LogP contribution in [0.4, 0.5) is 0 Å². The fourth-order valence-corrected chi connectivity index (χ4v) is 2.03. The lowest BCUT2D eigenvalue weighted by molar-refractivity contribution is -0.120. The molecule has 3 nitrogen and oxygen atoms in total. The molecule has 0 radical (unpaired) electrons. The van der Waals surface area contributed by atoms with Crippen LogP contribution in [-0.4, -0.2) is 5.91 Å². The highest BCUT2D eigenvalue weighted by Gasteiger charge is 2.20. The largest absolute Gasteiger partial charge is 0.287 e. The molecule has 1 aliphatic heterocycles. The van der Waals surface area contributed by atoms with Gasteiger partial charge in [0.05, 0.1) is 6.04 Å². The van der Waals surface area contributed by atoms with Crippen molar-refractivity contribution in [3.63, 3.8) is 0 Å². The van der Waals surface area contributed by atoms with Gasteiger partial charge in [0.1, 0.15) is 0 Å². The van der Waals surface area contributed by atoms with Crippen molar-refractivity contribution in [2.24, 2.45) is 0 Å². The first kappa shape index (κ1) is 13.1. The van der Waals surface area contributed by atoms with Crippen molar-refractivity contribution < 1.29 is 4.79 Å². The van der Waals surface area contributed by atoms with Gasteiger partial charge >= 0.3 is 0 Å². The van der Waals surface area contributed by atoms with Gasteiger partial charge in [-0.2, -0.15) is 0 Å². The molecule has 1 amide bonds. The molecule has 0 bridgehead atoms. The highest BCUT2D eigenvalue weighted by atomic mass is 32.2. The normalized spacial score (nSPS) is 19.4. The predicted molar refractivity (Wildman–Crippen MR) is 68.8 cm³/mol. The fraction of sp³-hybridized carbons (Fsp3) is 0.417. The summed E-state index contributed by atoms with van der Waals surface area (Å²) in [7, 11) is 0. The molecule has 1 aromatic carbocycles. The van der Waals surface area contributed by atoms with Crippen LogP contribution in [0.1, 0.15) is 37.4 Å². The highest BCUT2D eigenvalue weighted by molar-refractivity contribution is 7.96. The van der Waals surface area contributed by atoms with Crippen LogP contribution in [0.3, 0.4) is 0 Å². The summed E-state index contributed by atoms with van der Waals surface area (Å²) in [5.74, 6) is 0.0827. The van der Waals surface area contributed by atoms with E-state index in [2.05, 4.69) is 40.6 Å². The van der Waals surface area contributed by atoms with Crippen LogP contribution < -0.4 is 9.44 Å². The number of nitrogens with one attached hydrogen (secondary N) is 2. The number of hydrogen-bond acceptors (Lipinski definition) is 3. The number of rotatable bonds is 1. The monoisotopic (exact) mass is 238 g/mol. The second-order valence-corrected chi connectivity index (χ2v) is 4.06. The Hall–Kier alpha value is -1.00. The molecule has 0 saturated carbocycles. The molecule has 4 heteroatoms. The summed E-state index contributed by atoms with van der Waals surface area (Å²) >= 11 is 1.26. The van der Waals surface area contributed by atoms with E-state index < -0.39 is 0 Å². The minimum atomic E-state index is 0.0827. The van der Waals surface area contributed by atoms with E-state index in [-0.39, 0.29) is 11.9 Å². The molecule has 1 heterocycles. The molecule has 2 rings (SSSR count). The summed E-state index contributed by atoms with van der Waals surface area (Å²) in [6.07, 6.45) is 0.510. The Morgan fingerprint density at radius 3 is 2.44 bits per heavy atom. The van der Waals surface area contributed by atoms with E-state index in [9.17, 15) is 4.79 Å². The fourth-order valence-electron chi connectivity index (χ4n) is 1.41. The van der Waals surface area contributed by atoms with Crippen molar-refractivity contribution in [1.82, 2.24) is 9.44 Å². The van der Waals surface area contributed by atoms with Gasteiger partial charge in [0.25, 0.3) is 0 Å². The SMILES string of the molecule is CC.Cc1ccc(C2CC(=O)NSN2)cc1. The first-order valence-corrected chi connectivity index (χ1v) is 6.34. The Morgan fingerprint density at radius 1 is 1.25 bits per heavy atom. The van der Waals surface area contributed by atoms with Crippen molar-refractivity contribution >= 4 is 18.0 Å². The molecule has 1 saturated heterocycles. The molecule has 1 aromatic rings. The van der Waals surface area contributed by atoms with E-state index in [0.717, 1.165) is 5.56 Å². The van der Waals surface area contributed by atoms with Gasteiger partial charge in [0.15, 0.2) is 0 Å². The van der Waals surface area contributed by atoms with Crippen LogP contribution in [0.5, 0.6) is 0 Å². The number of carbonyl (C=O) groups is 1. The molecule has 1 fully saturated rings. The van der Waals surface area contributed by atoms with Crippen LogP contribution in [-0.2, 0) is 4.79 Å². The van der Waals surface area contributed by atoms with Gasteiger partial charge in [0.2, 0.25) is 5.91 Å². The standard InChI is InChI=1S/C10H12N2OS.C2H6/c1-7-2-4-8(5-3-7)9-6-10(13)12-14-11-9;1-2/h2-5,9,11H,6H2,1H3,(H,12,13);1-2H3. The van der Waals surface area contributed by atoms with Crippen molar-refractivity contribution in [2.75, 3.05) is 0 Å². The van der Waals surface area contributed by atoms with Crippen molar-refractivity contribution in [1.29, 1.82) is 0 Å². The summed E-state index contributed by atoms with van der Waals surface area (Å²) in [5.41, 5.74) is 2.40. The maximum absolute atomic E-state index is 11.1. The summed E-state index contributed by atoms with van der Waals surface area (Å²) in [4.78, 5) is 11.1. The molecule has 1 aliphatic rings. The Balaban J connectivity index is 0.000000606. The maximum atomic E-state index is 11.1. The topological polar surface area (TPSA) is 41.1 Å². The van der Waals surface area contributed by atoms with Gasteiger partial charge in [-0.15, -0.1) is 0 Å². The number of benzene rings is 1. The Bertz CT molecular complexity index is 337. The smallest absolute Gasteiger partial charge is 0.232 e. The Labute approximate surface area is 101 Å². The molecule has 0 spiro atoms. The van der Waals surface area contributed by atoms with E-state index >= 15 is 0 Å². The molecule has 2 N–H and O–H groups in total. The van der Waals surface area contributed by atoms with E-state index in [1.807, 2.05) is 13.8 Å². The molecule has 1 atom stereocenters. The number of carbonyl (C=O) groups excluding carboxylic acids is 1. The van der Waals surface area contributed by atoms with Crippen LogP contribution in [0.15, 0.2) is 24.3 Å². The zero-order valence-corrected chi connectivity index (χ0v) is 10.7. The second-order valence-electron chi connectivity index (χ2n) is 3.41. The van der Waals surface area contributed by atoms with Crippen LogP contribution in [0.25, 0.3) is 0 Å². The molecular formula is C12H18N2OS. The Kier molecular flexibility index (Phi) is 5.35. The Morgan fingerprint density at radius 2 is 1.88 bits per heavy atom. The van der Waals surface area contributed by atoms with Gasteiger partial charge in [-0.1, -0.05) is 43.7 Å². The van der Waals surface area contributed by atoms with E-state index in [4.69, 9.17) is 0 Å². The van der Waals surface area contributed by atoms with Gasteiger partial charge in [-0.3, -0.25) is 9.52 Å². The third-order valence-corrected chi connectivity index (χ3v) is 2.97. The van der Waals surface area contributed by atoms with Gasteiger partial charge < -0.3 is 0 Å². The zero-order chi connectivity index (χ0) is 12.0. The first-order chi connectivity index (χ1) is 7.75. The van der Waals surface area contributed by atoms with Crippen LogP contribution in [0.2, 0.25) is 0 Å². The summed E-state index contributed by atoms with van der Waals surface area (Å²) in [6.45, 7) is 6.06. The van der Waals surface area contributed by atoms with Crippen molar-refractivity contribution in [3.05, 3.63) is 35.4 Å². The first-order valence-electron chi connectivity index (χ1n) is 5.52. The van der Waals surface area contributed by atoms with Crippen LogP contribution in [0, 0.1) is 6.92 Å². The predicted octanol–water partition coefficient (Wildman–Crippen LogP) is 2.74. The number of hydrogen-bond donors (Lipinski definition) is 2. The third kappa shape index (κ3) is 3.54. The van der Waals surface area contributed by atoms with Crippen molar-refractivity contribution in [3.8, 4) is 0 Å². The molecule has 0 aromatic heterocycles.